The van der Waals surface area contributed by atoms with Crippen molar-refractivity contribution in [3.8, 4) is 24.7 Å². The zero-order chi connectivity index (χ0) is 15.3. The van der Waals surface area contributed by atoms with Gasteiger partial charge in [0.1, 0.15) is 0 Å². The van der Waals surface area contributed by atoms with Gasteiger partial charge in [-0.25, -0.2) is 0 Å². The van der Waals surface area contributed by atoms with Crippen LogP contribution in [0.25, 0.3) is 0 Å². The molecule has 0 aliphatic carbocycles. The van der Waals surface area contributed by atoms with Gasteiger partial charge < -0.3 is 4.57 Å². The Morgan fingerprint density at radius 2 is 1.19 bits per heavy atom. The Morgan fingerprint density at radius 1 is 0.762 bits per heavy atom. The van der Waals surface area contributed by atoms with Crippen molar-refractivity contribution in [1.29, 1.82) is 0 Å². The van der Waals surface area contributed by atoms with Gasteiger partial charge in [0.25, 0.3) is 0 Å². The third kappa shape index (κ3) is 6.59. The first kappa shape index (κ1) is 17.5. The van der Waals surface area contributed by atoms with Gasteiger partial charge in [0, 0.05) is 6.54 Å². The van der Waals surface area contributed by atoms with Crippen LogP contribution in [0, 0.1) is 24.7 Å². The molecule has 0 radical (unpaired) electrons. The summed E-state index contributed by atoms with van der Waals surface area (Å²) in [7, 11) is 0. The van der Waals surface area contributed by atoms with Crippen LogP contribution in [0.3, 0.4) is 0 Å². The van der Waals surface area contributed by atoms with Crippen LogP contribution in [0.1, 0.15) is 82.5 Å². The van der Waals surface area contributed by atoms with Crippen molar-refractivity contribution in [2.75, 3.05) is 0 Å². The monoisotopic (exact) mass is 283 g/mol. The molecule has 114 valence electrons. The van der Waals surface area contributed by atoms with Crippen LogP contribution >= 0.6 is 0 Å². The topological polar surface area (TPSA) is 4.93 Å². The average Bonchev–Trinajstić information content (AvgIpc) is 2.91. The van der Waals surface area contributed by atoms with Gasteiger partial charge in [0.15, 0.2) is 0 Å². The van der Waals surface area contributed by atoms with E-state index in [1.807, 2.05) is 12.1 Å². The highest BCUT2D eigenvalue weighted by Crippen LogP contribution is 2.13. The van der Waals surface area contributed by atoms with Crippen LogP contribution < -0.4 is 0 Å². The summed E-state index contributed by atoms with van der Waals surface area (Å²) in [5, 5.41) is 0. The van der Waals surface area contributed by atoms with Gasteiger partial charge in [-0.1, -0.05) is 76.6 Å². The van der Waals surface area contributed by atoms with E-state index >= 15 is 0 Å². The highest BCUT2D eigenvalue weighted by Gasteiger charge is 2.03. The minimum atomic E-state index is 0.902. The van der Waals surface area contributed by atoms with E-state index in [4.69, 9.17) is 12.8 Å². The fourth-order valence-corrected chi connectivity index (χ4v) is 2.72. The Balaban J connectivity index is 2.09. The minimum absolute atomic E-state index is 0.902. The molecule has 1 aromatic heterocycles. The average molecular weight is 283 g/mol. The van der Waals surface area contributed by atoms with Gasteiger partial charge in [0.05, 0.1) is 11.4 Å². The summed E-state index contributed by atoms with van der Waals surface area (Å²) in [4.78, 5) is 0. The van der Waals surface area contributed by atoms with Crippen LogP contribution in [0.4, 0.5) is 0 Å². The molecule has 0 aromatic carbocycles. The molecule has 0 bridgehead atoms. The summed E-state index contributed by atoms with van der Waals surface area (Å²) in [6, 6.07) is 3.87. The molecule has 1 rings (SSSR count). The van der Waals surface area contributed by atoms with Crippen LogP contribution in [-0.4, -0.2) is 4.57 Å². The maximum atomic E-state index is 5.50. The largest absolute Gasteiger partial charge is 0.328 e. The number of terminal acetylenes is 2. The Labute approximate surface area is 131 Å². The van der Waals surface area contributed by atoms with Crippen LogP contribution in [0.2, 0.25) is 0 Å². The lowest BCUT2D eigenvalue weighted by Gasteiger charge is -2.07. The summed E-state index contributed by atoms with van der Waals surface area (Å²) < 4.78 is 2.09. The number of aromatic nitrogens is 1. The third-order valence-electron chi connectivity index (χ3n) is 4.01. The first-order valence-corrected chi connectivity index (χ1v) is 8.46. The van der Waals surface area contributed by atoms with E-state index in [2.05, 4.69) is 23.3 Å². The van der Waals surface area contributed by atoms with Crippen LogP contribution in [0.5, 0.6) is 0 Å². The summed E-state index contributed by atoms with van der Waals surface area (Å²) in [6.45, 7) is 3.21. The molecule has 21 heavy (non-hydrogen) atoms. The van der Waals surface area contributed by atoms with E-state index in [1.54, 1.807) is 0 Å². The van der Waals surface area contributed by atoms with Gasteiger partial charge in [0.2, 0.25) is 0 Å². The van der Waals surface area contributed by atoms with Gasteiger partial charge >= 0.3 is 0 Å². The fourth-order valence-electron chi connectivity index (χ4n) is 2.72. The van der Waals surface area contributed by atoms with Gasteiger partial charge in [-0.3, -0.25) is 0 Å². The second-order valence-electron chi connectivity index (χ2n) is 5.73. The van der Waals surface area contributed by atoms with Crippen LogP contribution in [-0.2, 0) is 6.54 Å². The summed E-state index contributed by atoms with van der Waals surface area (Å²) in [6.07, 6.45) is 24.5. The second kappa shape index (κ2) is 11.1. The normalized spacial score (nSPS) is 10.2. The fraction of sp³-hybridized carbons (Fsp3) is 0.600. The number of unbranched alkanes of at least 4 members (excludes halogenated alkanes) is 9. The maximum absolute atomic E-state index is 5.50. The van der Waals surface area contributed by atoms with Gasteiger partial charge in [-0.15, -0.1) is 12.8 Å². The maximum Gasteiger partial charge on any atom is 0.0926 e. The molecule has 0 aliphatic rings. The predicted molar refractivity (Wildman–Crippen MR) is 92.1 cm³/mol. The molecule has 0 spiro atoms. The number of nitrogens with zero attached hydrogens (tertiary/aromatic N) is 1. The van der Waals surface area contributed by atoms with Crippen molar-refractivity contribution >= 4 is 0 Å². The molecule has 1 heteroatoms. The lowest BCUT2D eigenvalue weighted by molar-refractivity contribution is 0.533. The Hall–Kier alpha value is -1.60. The molecule has 0 unspecified atom stereocenters. The van der Waals surface area contributed by atoms with E-state index in [1.165, 1.54) is 57.8 Å². The first-order valence-electron chi connectivity index (χ1n) is 8.46. The highest BCUT2D eigenvalue weighted by atomic mass is 15.0. The van der Waals surface area contributed by atoms with Crippen molar-refractivity contribution in [3.63, 3.8) is 0 Å². The molecule has 0 atom stereocenters. The van der Waals surface area contributed by atoms with E-state index in [-0.39, 0.29) is 0 Å². The Bertz CT molecular complexity index is 436. The molecule has 1 aromatic rings. The molecular formula is C20H29N. The predicted octanol–water partition coefficient (Wildman–Crippen LogP) is 5.37. The third-order valence-corrected chi connectivity index (χ3v) is 4.01. The van der Waals surface area contributed by atoms with Crippen molar-refractivity contribution in [2.24, 2.45) is 0 Å². The van der Waals surface area contributed by atoms with E-state index < -0.39 is 0 Å². The summed E-state index contributed by atoms with van der Waals surface area (Å²) in [5.74, 6) is 5.41. The molecule has 1 nitrogen and oxygen atoms in total. The zero-order valence-corrected chi connectivity index (χ0v) is 13.5. The molecule has 0 N–H and O–H groups in total. The zero-order valence-electron chi connectivity index (χ0n) is 13.5. The SMILES string of the molecule is C#Cc1ccc(C#C)n1CCCCCCCCCCCC. The molecule has 0 saturated heterocycles. The smallest absolute Gasteiger partial charge is 0.0926 e. The Morgan fingerprint density at radius 3 is 1.62 bits per heavy atom. The number of rotatable bonds is 11. The molecule has 0 fully saturated rings. The van der Waals surface area contributed by atoms with E-state index in [9.17, 15) is 0 Å². The quantitative estimate of drug-likeness (QED) is 0.380. The van der Waals surface area contributed by atoms with Crippen molar-refractivity contribution in [1.82, 2.24) is 4.57 Å². The Kier molecular flexibility index (Phi) is 9.23. The molecule has 0 aliphatic heterocycles. The molecular weight excluding hydrogens is 254 g/mol. The summed E-state index contributed by atoms with van der Waals surface area (Å²) in [5.41, 5.74) is 1.80. The molecule has 0 amide bonds. The standard InChI is InChI=1S/C20H29N/c1-4-7-8-9-10-11-12-13-14-15-18-21-19(5-2)16-17-20(21)6-3/h2-3,16-17H,4,7-15,18H2,1H3. The van der Waals surface area contributed by atoms with Crippen molar-refractivity contribution < 1.29 is 0 Å². The second-order valence-corrected chi connectivity index (χ2v) is 5.73. The number of hydrogen-bond donors (Lipinski definition) is 0. The van der Waals surface area contributed by atoms with E-state index in [0.717, 1.165) is 24.4 Å². The van der Waals surface area contributed by atoms with Gasteiger partial charge in [-0.2, -0.15) is 0 Å². The van der Waals surface area contributed by atoms with Crippen molar-refractivity contribution in [2.45, 2.75) is 77.7 Å². The van der Waals surface area contributed by atoms with Gasteiger partial charge in [-0.05, 0) is 18.6 Å². The minimum Gasteiger partial charge on any atom is -0.328 e. The highest BCUT2D eigenvalue weighted by molar-refractivity contribution is 5.36. The summed E-state index contributed by atoms with van der Waals surface area (Å²) >= 11 is 0. The molecule has 0 saturated carbocycles. The van der Waals surface area contributed by atoms with Crippen molar-refractivity contribution in [3.05, 3.63) is 23.5 Å². The van der Waals surface area contributed by atoms with Crippen LogP contribution in [0.15, 0.2) is 12.1 Å². The lowest BCUT2D eigenvalue weighted by Crippen LogP contribution is -2.03. The lowest BCUT2D eigenvalue weighted by atomic mass is 10.1. The first-order chi connectivity index (χ1) is 10.3. The van der Waals surface area contributed by atoms with E-state index in [0.29, 0.717) is 0 Å². The number of hydrogen-bond acceptors (Lipinski definition) is 0. The molecule has 1 heterocycles.